The SMILES string of the molecule is CCCCCC[C@H](NCCCC)c1nc(-c2ccccc2)c[nH]1. The molecule has 0 unspecified atom stereocenters. The standard InChI is InChI=1S/C20H31N3/c1-3-5-7-11-14-18(21-15-6-4-2)20-22-16-19(23-20)17-12-9-8-10-13-17/h8-10,12-13,16,18,21H,3-7,11,14-15H2,1-2H3,(H,22,23)/t18-/m0/s1. The summed E-state index contributed by atoms with van der Waals surface area (Å²) in [6.07, 6.45) is 10.8. The lowest BCUT2D eigenvalue weighted by Crippen LogP contribution is -2.23. The molecule has 2 rings (SSSR count). The smallest absolute Gasteiger partial charge is 0.124 e. The highest BCUT2D eigenvalue weighted by Gasteiger charge is 2.14. The molecular weight excluding hydrogens is 282 g/mol. The largest absolute Gasteiger partial charge is 0.347 e. The maximum atomic E-state index is 4.84. The van der Waals surface area contributed by atoms with Crippen molar-refractivity contribution >= 4 is 0 Å². The number of H-pyrrole nitrogens is 1. The summed E-state index contributed by atoms with van der Waals surface area (Å²) in [7, 11) is 0. The predicted molar refractivity (Wildman–Crippen MR) is 98.4 cm³/mol. The van der Waals surface area contributed by atoms with Crippen LogP contribution in [0, 0.1) is 0 Å². The van der Waals surface area contributed by atoms with E-state index < -0.39 is 0 Å². The molecule has 0 saturated carbocycles. The zero-order chi connectivity index (χ0) is 16.3. The molecule has 0 aliphatic carbocycles. The fraction of sp³-hybridized carbons (Fsp3) is 0.550. The van der Waals surface area contributed by atoms with Crippen LogP contribution >= 0.6 is 0 Å². The van der Waals surface area contributed by atoms with Crippen LogP contribution in [0.4, 0.5) is 0 Å². The number of nitrogens with zero attached hydrogens (tertiary/aromatic N) is 1. The number of hydrogen-bond donors (Lipinski definition) is 2. The highest BCUT2D eigenvalue weighted by molar-refractivity contribution is 5.58. The van der Waals surface area contributed by atoms with Gasteiger partial charge in [-0.2, -0.15) is 0 Å². The van der Waals surface area contributed by atoms with E-state index in [1.807, 2.05) is 12.3 Å². The molecule has 0 amide bonds. The summed E-state index contributed by atoms with van der Waals surface area (Å²) in [5.41, 5.74) is 2.21. The molecule has 1 aromatic carbocycles. The van der Waals surface area contributed by atoms with E-state index in [-0.39, 0.29) is 0 Å². The first kappa shape index (κ1) is 17.7. The molecule has 0 aliphatic rings. The summed E-state index contributed by atoms with van der Waals surface area (Å²) in [5, 5.41) is 3.68. The second-order valence-corrected chi connectivity index (χ2v) is 6.25. The van der Waals surface area contributed by atoms with Crippen molar-refractivity contribution in [2.75, 3.05) is 6.54 Å². The van der Waals surface area contributed by atoms with E-state index in [1.165, 1.54) is 44.1 Å². The Morgan fingerprint density at radius 3 is 2.52 bits per heavy atom. The van der Waals surface area contributed by atoms with E-state index in [4.69, 9.17) is 4.98 Å². The summed E-state index contributed by atoms with van der Waals surface area (Å²) in [6, 6.07) is 10.7. The summed E-state index contributed by atoms with van der Waals surface area (Å²) in [5.74, 6) is 1.08. The number of imidazole rings is 1. The monoisotopic (exact) mass is 313 g/mol. The van der Waals surface area contributed by atoms with Crippen molar-refractivity contribution in [1.82, 2.24) is 15.3 Å². The number of unbranched alkanes of at least 4 members (excludes halogenated alkanes) is 4. The minimum atomic E-state index is 0.343. The molecular formula is C20H31N3. The van der Waals surface area contributed by atoms with E-state index in [0.29, 0.717) is 6.04 Å². The average molecular weight is 313 g/mol. The number of aromatic amines is 1. The van der Waals surface area contributed by atoms with E-state index in [0.717, 1.165) is 24.5 Å². The molecule has 126 valence electrons. The molecule has 1 heterocycles. The van der Waals surface area contributed by atoms with Crippen LogP contribution in [0.15, 0.2) is 36.5 Å². The molecule has 2 N–H and O–H groups in total. The quantitative estimate of drug-likeness (QED) is 0.539. The van der Waals surface area contributed by atoms with Crippen LogP contribution < -0.4 is 5.32 Å². The van der Waals surface area contributed by atoms with Crippen LogP contribution in [-0.2, 0) is 0 Å². The molecule has 0 saturated heterocycles. The Kier molecular flexibility index (Phi) is 7.88. The lowest BCUT2D eigenvalue weighted by atomic mass is 10.1. The molecule has 23 heavy (non-hydrogen) atoms. The van der Waals surface area contributed by atoms with Gasteiger partial charge in [0.1, 0.15) is 5.82 Å². The molecule has 1 aromatic heterocycles. The summed E-state index contributed by atoms with van der Waals surface area (Å²) >= 11 is 0. The van der Waals surface area contributed by atoms with Gasteiger partial charge in [-0.05, 0) is 19.4 Å². The molecule has 0 fully saturated rings. The normalized spacial score (nSPS) is 12.4. The van der Waals surface area contributed by atoms with E-state index >= 15 is 0 Å². The Balaban J connectivity index is 2.00. The molecule has 2 aromatic rings. The van der Waals surface area contributed by atoms with Crippen molar-refractivity contribution in [3.05, 3.63) is 42.4 Å². The van der Waals surface area contributed by atoms with Crippen LogP contribution in [0.3, 0.4) is 0 Å². The minimum Gasteiger partial charge on any atom is -0.347 e. The van der Waals surface area contributed by atoms with Crippen LogP contribution in [0.1, 0.15) is 70.7 Å². The molecule has 0 bridgehead atoms. The highest BCUT2D eigenvalue weighted by Crippen LogP contribution is 2.22. The van der Waals surface area contributed by atoms with Gasteiger partial charge in [-0.3, -0.25) is 0 Å². The van der Waals surface area contributed by atoms with Gasteiger partial charge in [0, 0.05) is 11.8 Å². The van der Waals surface area contributed by atoms with Gasteiger partial charge in [-0.15, -0.1) is 0 Å². The first-order chi connectivity index (χ1) is 11.3. The van der Waals surface area contributed by atoms with Crippen molar-refractivity contribution in [3.63, 3.8) is 0 Å². The van der Waals surface area contributed by atoms with Gasteiger partial charge in [-0.25, -0.2) is 4.98 Å². The first-order valence-electron chi connectivity index (χ1n) is 9.19. The van der Waals surface area contributed by atoms with Gasteiger partial charge >= 0.3 is 0 Å². The third kappa shape index (κ3) is 5.83. The molecule has 0 aliphatic heterocycles. The molecule has 3 nitrogen and oxygen atoms in total. The van der Waals surface area contributed by atoms with E-state index in [2.05, 4.69) is 48.4 Å². The maximum Gasteiger partial charge on any atom is 0.124 e. The number of nitrogens with one attached hydrogen (secondary N) is 2. The Morgan fingerprint density at radius 2 is 1.78 bits per heavy atom. The van der Waals surface area contributed by atoms with Crippen LogP contribution in [-0.4, -0.2) is 16.5 Å². The number of rotatable bonds is 11. The third-order valence-corrected chi connectivity index (χ3v) is 4.26. The van der Waals surface area contributed by atoms with Gasteiger partial charge in [0.2, 0.25) is 0 Å². The first-order valence-corrected chi connectivity index (χ1v) is 9.19. The van der Waals surface area contributed by atoms with E-state index in [1.54, 1.807) is 0 Å². The number of benzene rings is 1. The molecule has 0 radical (unpaired) electrons. The van der Waals surface area contributed by atoms with Crippen molar-refractivity contribution < 1.29 is 0 Å². The Hall–Kier alpha value is -1.61. The minimum absolute atomic E-state index is 0.343. The Bertz CT molecular complexity index is 533. The zero-order valence-electron chi connectivity index (χ0n) is 14.6. The predicted octanol–water partition coefficient (Wildman–Crippen LogP) is 5.48. The van der Waals surface area contributed by atoms with Gasteiger partial charge in [0.05, 0.1) is 11.7 Å². The fourth-order valence-corrected chi connectivity index (χ4v) is 2.84. The van der Waals surface area contributed by atoms with Crippen molar-refractivity contribution in [1.29, 1.82) is 0 Å². The second-order valence-electron chi connectivity index (χ2n) is 6.25. The molecule has 3 heteroatoms. The number of aromatic nitrogens is 2. The highest BCUT2D eigenvalue weighted by atomic mass is 15.0. The van der Waals surface area contributed by atoms with Crippen molar-refractivity contribution in [2.24, 2.45) is 0 Å². The second kappa shape index (κ2) is 10.2. The Morgan fingerprint density at radius 1 is 1.00 bits per heavy atom. The van der Waals surface area contributed by atoms with Crippen molar-refractivity contribution in [2.45, 2.75) is 64.8 Å². The van der Waals surface area contributed by atoms with Gasteiger partial charge in [0.25, 0.3) is 0 Å². The van der Waals surface area contributed by atoms with E-state index in [9.17, 15) is 0 Å². The lowest BCUT2D eigenvalue weighted by Gasteiger charge is -2.16. The summed E-state index contributed by atoms with van der Waals surface area (Å²) in [4.78, 5) is 8.24. The number of hydrogen-bond acceptors (Lipinski definition) is 2. The maximum absolute atomic E-state index is 4.84. The zero-order valence-corrected chi connectivity index (χ0v) is 14.6. The Labute approximate surface area is 140 Å². The average Bonchev–Trinajstić information content (AvgIpc) is 3.08. The van der Waals surface area contributed by atoms with Gasteiger partial charge in [0.15, 0.2) is 0 Å². The van der Waals surface area contributed by atoms with Crippen LogP contribution in [0.25, 0.3) is 11.3 Å². The third-order valence-electron chi connectivity index (χ3n) is 4.26. The summed E-state index contributed by atoms with van der Waals surface area (Å²) in [6.45, 7) is 5.56. The van der Waals surface area contributed by atoms with Crippen LogP contribution in [0.2, 0.25) is 0 Å². The topological polar surface area (TPSA) is 40.7 Å². The van der Waals surface area contributed by atoms with Crippen molar-refractivity contribution in [3.8, 4) is 11.3 Å². The molecule has 0 spiro atoms. The lowest BCUT2D eigenvalue weighted by molar-refractivity contribution is 0.449. The fourth-order valence-electron chi connectivity index (χ4n) is 2.84. The van der Waals surface area contributed by atoms with Crippen LogP contribution in [0.5, 0.6) is 0 Å². The molecule has 1 atom stereocenters. The van der Waals surface area contributed by atoms with Gasteiger partial charge in [-0.1, -0.05) is 76.3 Å². The summed E-state index contributed by atoms with van der Waals surface area (Å²) < 4.78 is 0. The van der Waals surface area contributed by atoms with Gasteiger partial charge < -0.3 is 10.3 Å².